The Hall–Kier alpha value is -2.94. The highest BCUT2D eigenvalue weighted by Gasteiger charge is 2.33. The van der Waals surface area contributed by atoms with Crippen molar-refractivity contribution in [2.24, 2.45) is 0 Å². The van der Waals surface area contributed by atoms with Crippen LogP contribution in [0.25, 0.3) is 0 Å². The van der Waals surface area contributed by atoms with Crippen molar-refractivity contribution in [3.63, 3.8) is 0 Å². The van der Waals surface area contributed by atoms with E-state index in [1.165, 1.54) is 23.1 Å². The van der Waals surface area contributed by atoms with E-state index < -0.39 is 34.3 Å². The van der Waals surface area contributed by atoms with Crippen molar-refractivity contribution in [2.75, 3.05) is 17.1 Å². The third-order valence-electron chi connectivity index (χ3n) is 6.71. The van der Waals surface area contributed by atoms with Gasteiger partial charge in [0.25, 0.3) is 0 Å². The Bertz CT molecular complexity index is 1170. The fourth-order valence-corrected chi connectivity index (χ4v) is 5.52. The van der Waals surface area contributed by atoms with E-state index in [-0.39, 0.29) is 24.2 Å². The Morgan fingerprint density at radius 1 is 1.08 bits per heavy atom. The third-order valence-corrected chi connectivity index (χ3v) is 7.86. The number of benzene rings is 2. The maximum Gasteiger partial charge on any atom is 0.244 e. The number of rotatable bonds is 10. The molecule has 0 bridgehead atoms. The van der Waals surface area contributed by atoms with Gasteiger partial charge in [-0.25, -0.2) is 12.8 Å². The molecule has 0 radical (unpaired) electrons. The van der Waals surface area contributed by atoms with Crippen LogP contribution in [0.3, 0.4) is 0 Å². The summed E-state index contributed by atoms with van der Waals surface area (Å²) in [5, 5.41) is 3.11. The molecule has 2 aromatic rings. The van der Waals surface area contributed by atoms with Crippen molar-refractivity contribution in [1.82, 2.24) is 10.2 Å². The Morgan fingerprint density at radius 2 is 1.78 bits per heavy atom. The lowest BCUT2D eigenvalue weighted by Gasteiger charge is -2.34. The topological polar surface area (TPSA) is 86.8 Å². The molecule has 0 heterocycles. The van der Waals surface area contributed by atoms with Crippen molar-refractivity contribution in [1.29, 1.82) is 0 Å². The van der Waals surface area contributed by atoms with E-state index in [9.17, 15) is 22.4 Å². The molecule has 1 fully saturated rings. The van der Waals surface area contributed by atoms with E-state index in [0.717, 1.165) is 59.9 Å². The molecule has 3 rings (SSSR count). The molecule has 1 saturated carbocycles. The van der Waals surface area contributed by atoms with Gasteiger partial charge in [0.15, 0.2) is 0 Å². The number of hydrogen-bond donors (Lipinski definition) is 1. The van der Waals surface area contributed by atoms with Crippen LogP contribution in [-0.4, -0.2) is 50.0 Å². The maximum atomic E-state index is 13.9. The van der Waals surface area contributed by atoms with Crippen molar-refractivity contribution >= 4 is 27.5 Å². The third kappa shape index (κ3) is 7.29. The van der Waals surface area contributed by atoms with Gasteiger partial charge < -0.3 is 10.2 Å². The molecule has 0 aromatic heterocycles. The van der Waals surface area contributed by atoms with E-state index in [1.807, 2.05) is 38.1 Å². The normalized spacial score (nSPS) is 15.2. The minimum atomic E-state index is -3.90. The van der Waals surface area contributed by atoms with Crippen LogP contribution in [0.4, 0.5) is 10.1 Å². The predicted molar refractivity (Wildman–Crippen MR) is 139 cm³/mol. The lowest BCUT2D eigenvalue weighted by Crippen LogP contribution is -2.54. The summed E-state index contributed by atoms with van der Waals surface area (Å²) < 4.78 is 40.0. The van der Waals surface area contributed by atoms with Crippen molar-refractivity contribution in [2.45, 2.75) is 71.0 Å². The fourth-order valence-electron chi connectivity index (χ4n) is 4.68. The molecule has 0 unspecified atom stereocenters. The molecule has 1 aliphatic carbocycles. The summed E-state index contributed by atoms with van der Waals surface area (Å²) in [5.41, 5.74) is 1.88. The van der Waals surface area contributed by atoms with Crippen LogP contribution < -0.4 is 9.62 Å². The number of hydrogen-bond acceptors (Lipinski definition) is 4. The zero-order valence-corrected chi connectivity index (χ0v) is 22.1. The van der Waals surface area contributed by atoms with Crippen LogP contribution in [-0.2, 0) is 26.2 Å². The number of nitrogens with zero attached hydrogens (tertiary/aromatic N) is 2. The lowest BCUT2D eigenvalue weighted by atomic mass is 9.95. The molecule has 196 valence electrons. The molecule has 0 saturated heterocycles. The Labute approximate surface area is 213 Å². The molecular weight excluding hydrogens is 481 g/mol. The highest BCUT2D eigenvalue weighted by molar-refractivity contribution is 7.92. The first kappa shape index (κ1) is 27.6. The first-order valence-corrected chi connectivity index (χ1v) is 14.3. The first-order chi connectivity index (χ1) is 17.1. The molecule has 1 aliphatic rings. The Morgan fingerprint density at radius 3 is 2.39 bits per heavy atom. The quantitative estimate of drug-likeness (QED) is 0.513. The van der Waals surface area contributed by atoms with Gasteiger partial charge in [-0.15, -0.1) is 0 Å². The van der Waals surface area contributed by atoms with E-state index >= 15 is 0 Å². The minimum Gasteiger partial charge on any atom is -0.352 e. The number of nitrogens with one attached hydrogen (secondary N) is 1. The number of amides is 2. The molecule has 1 N–H and O–H groups in total. The van der Waals surface area contributed by atoms with E-state index in [2.05, 4.69) is 5.32 Å². The van der Waals surface area contributed by atoms with Crippen molar-refractivity contribution in [3.05, 3.63) is 65.5 Å². The Kier molecular flexibility index (Phi) is 9.48. The second-order valence-electron chi connectivity index (χ2n) is 9.47. The molecule has 2 aromatic carbocycles. The van der Waals surface area contributed by atoms with Crippen molar-refractivity contribution < 1.29 is 22.4 Å². The van der Waals surface area contributed by atoms with Gasteiger partial charge in [0, 0.05) is 12.6 Å². The van der Waals surface area contributed by atoms with E-state index in [0.29, 0.717) is 6.42 Å². The summed E-state index contributed by atoms with van der Waals surface area (Å²) in [4.78, 5) is 28.5. The van der Waals surface area contributed by atoms with Crippen LogP contribution in [0.15, 0.2) is 48.5 Å². The summed E-state index contributed by atoms with van der Waals surface area (Å²) in [5.74, 6) is -1.37. The Balaban J connectivity index is 1.92. The smallest absolute Gasteiger partial charge is 0.244 e. The molecule has 7 nitrogen and oxygen atoms in total. The average Bonchev–Trinajstić information content (AvgIpc) is 2.83. The van der Waals surface area contributed by atoms with Crippen LogP contribution in [0.5, 0.6) is 0 Å². The molecule has 1 atom stereocenters. The highest BCUT2D eigenvalue weighted by atomic mass is 32.2. The number of carbonyl (C=O) groups is 2. The molecule has 9 heteroatoms. The summed E-state index contributed by atoms with van der Waals surface area (Å²) in [6.45, 7) is 3.38. The number of sulfonamides is 1. The van der Waals surface area contributed by atoms with E-state index in [1.54, 1.807) is 0 Å². The molecule has 0 aliphatic heterocycles. The van der Waals surface area contributed by atoms with Gasteiger partial charge in [0.05, 0.1) is 11.9 Å². The largest absolute Gasteiger partial charge is 0.352 e. The van der Waals surface area contributed by atoms with Gasteiger partial charge in [0.1, 0.15) is 18.4 Å². The van der Waals surface area contributed by atoms with Crippen LogP contribution in [0, 0.1) is 12.7 Å². The lowest BCUT2D eigenvalue weighted by molar-refractivity contribution is -0.140. The summed E-state index contributed by atoms with van der Waals surface area (Å²) in [6, 6.07) is 12.0. The number of halogens is 1. The van der Waals surface area contributed by atoms with Gasteiger partial charge >= 0.3 is 0 Å². The van der Waals surface area contributed by atoms with Gasteiger partial charge in [-0.2, -0.15) is 0 Å². The molecule has 0 spiro atoms. The zero-order chi connectivity index (χ0) is 26.3. The van der Waals surface area contributed by atoms with Crippen LogP contribution in [0.1, 0.15) is 56.6 Å². The van der Waals surface area contributed by atoms with Crippen molar-refractivity contribution in [3.8, 4) is 0 Å². The zero-order valence-electron chi connectivity index (χ0n) is 21.2. The summed E-state index contributed by atoms with van der Waals surface area (Å²) in [6.07, 6.45) is 6.45. The van der Waals surface area contributed by atoms with Crippen LogP contribution in [0.2, 0.25) is 0 Å². The standard InChI is InChI=1S/C27H36FN3O4S/c1-4-25(27(33)29-23-14-6-5-7-15-23)30(18-21-12-9-8-11-20(21)2)26(32)19-31(36(3,34)35)24-16-10-13-22(28)17-24/h8-13,16-17,23,25H,4-7,14-15,18-19H2,1-3H3,(H,29,33)/t25-/m0/s1. The minimum absolute atomic E-state index is 0.0568. The van der Waals surface area contributed by atoms with Gasteiger partial charge in [-0.1, -0.05) is 56.5 Å². The molecule has 36 heavy (non-hydrogen) atoms. The monoisotopic (exact) mass is 517 g/mol. The second-order valence-corrected chi connectivity index (χ2v) is 11.4. The van der Waals surface area contributed by atoms with Gasteiger partial charge in [-0.05, 0) is 55.5 Å². The van der Waals surface area contributed by atoms with Crippen LogP contribution >= 0.6 is 0 Å². The first-order valence-electron chi connectivity index (χ1n) is 12.5. The van der Waals surface area contributed by atoms with Gasteiger partial charge in [-0.3, -0.25) is 13.9 Å². The number of carbonyl (C=O) groups excluding carboxylic acids is 2. The fraction of sp³-hybridized carbons (Fsp3) is 0.481. The summed E-state index contributed by atoms with van der Waals surface area (Å²) >= 11 is 0. The molecular formula is C27H36FN3O4S. The number of anilines is 1. The average molecular weight is 518 g/mol. The summed E-state index contributed by atoms with van der Waals surface area (Å²) in [7, 11) is -3.90. The van der Waals surface area contributed by atoms with E-state index in [4.69, 9.17) is 0 Å². The predicted octanol–water partition coefficient (Wildman–Crippen LogP) is 4.16. The second kappa shape index (κ2) is 12.3. The highest BCUT2D eigenvalue weighted by Crippen LogP contribution is 2.22. The van der Waals surface area contributed by atoms with Gasteiger partial charge in [0.2, 0.25) is 21.8 Å². The number of aryl methyl sites for hydroxylation is 1. The SMILES string of the molecule is CC[C@@H](C(=O)NC1CCCCC1)N(Cc1ccccc1C)C(=O)CN(c1cccc(F)c1)S(C)(=O)=O. The maximum absolute atomic E-state index is 13.9. The molecule has 2 amide bonds.